The van der Waals surface area contributed by atoms with Crippen LogP contribution in [0.5, 0.6) is 5.75 Å². The van der Waals surface area contributed by atoms with Gasteiger partial charge in [-0.3, -0.25) is 4.79 Å². The molecule has 19 heavy (non-hydrogen) atoms. The van der Waals surface area contributed by atoms with E-state index in [1.165, 1.54) is 13.2 Å². The van der Waals surface area contributed by atoms with Gasteiger partial charge in [0, 0.05) is 6.04 Å². The summed E-state index contributed by atoms with van der Waals surface area (Å²) < 4.78 is 10.0. The summed E-state index contributed by atoms with van der Waals surface area (Å²) in [7, 11) is 1.29. The van der Waals surface area contributed by atoms with Crippen molar-refractivity contribution in [2.45, 2.75) is 19.9 Å². The first-order valence-electron chi connectivity index (χ1n) is 5.82. The van der Waals surface area contributed by atoms with Crippen LogP contribution in [0.4, 0.5) is 5.69 Å². The minimum atomic E-state index is -0.508. The van der Waals surface area contributed by atoms with Gasteiger partial charge >= 0.3 is 5.97 Å². The third-order valence-corrected chi connectivity index (χ3v) is 3.11. The molecular weight excluding hydrogens is 270 g/mol. The Labute approximate surface area is 116 Å². The fourth-order valence-corrected chi connectivity index (χ4v) is 2.31. The number of esters is 1. The Hall–Kier alpha value is -1.75. The Bertz CT molecular complexity index is 542. The molecule has 0 radical (unpaired) electrons. The van der Waals surface area contributed by atoms with Crippen molar-refractivity contribution in [3.8, 4) is 5.75 Å². The molecule has 0 saturated carbocycles. The number of fused-ring (bicyclic) bond motifs is 1. The molecule has 1 aliphatic rings. The van der Waals surface area contributed by atoms with Gasteiger partial charge in [-0.2, -0.15) is 0 Å². The summed E-state index contributed by atoms with van der Waals surface area (Å²) in [4.78, 5) is 25.1. The highest BCUT2D eigenvalue weighted by molar-refractivity contribution is 6.33. The van der Waals surface area contributed by atoms with Crippen LogP contribution in [0, 0.1) is 0 Å². The zero-order valence-corrected chi connectivity index (χ0v) is 11.7. The lowest BCUT2D eigenvalue weighted by molar-refractivity contribution is -0.121. The summed E-state index contributed by atoms with van der Waals surface area (Å²) in [5, 5.41) is 0.288. The molecule has 102 valence electrons. The van der Waals surface area contributed by atoms with Gasteiger partial charge in [-0.15, -0.1) is 0 Å². The molecule has 0 N–H and O–H groups in total. The number of anilines is 1. The third kappa shape index (κ3) is 2.38. The predicted molar refractivity (Wildman–Crippen MR) is 70.9 cm³/mol. The van der Waals surface area contributed by atoms with E-state index >= 15 is 0 Å². The van der Waals surface area contributed by atoms with E-state index in [-0.39, 0.29) is 29.1 Å². The molecule has 1 aliphatic heterocycles. The number of rotatable bonds is 2. The van der Waals surface area contributed by atoms with E-state index in [9.17, 15) is 9.59 Å². The number of methoxy groups -OCH3 is 1. The van der Waals surface area contributed by atoms with Gasteiger partial charge in [0.15, 0.2) is 12.4 Å². The predicted octanol–water partition coefficient (Wildman–Crippen LogP) is 2.26. The van der Waals surface area contributed by atoms with Gasteiger partial charge in [0.25, 0.3) is 5.91 Å². The summed E-state index contributed by atoms with van der Waals surface area (Å²) in [6.07, 6.45) is 0. The van der Waals surface area contributed by atoms with Gasteiger partial charge in [0.1, 0.15) is 0 Å². The molecule has 0 bridgehead atoms. The highest BCUT2D eigenvalue weighted by Crippen LogP contribution is 2.40. The quantitative estimate of drug-likeness (QED) is 0.781. The van der Waals surface area contributed by atoms with Crippen LogP contribution in [0.15, 0.2) is 12.1 Å². The molecule has 0 aliphatic carbocycles. The van der Waals surface area contributed by atoms with Crippen molar-refractivity contribution in [3.63, 3.8) is 0 Å². The maximum absolute atomic E-state index is 11.9. The second-order valence-corrected chi connectivity index (χ2v) is 4.85. The summed E-state index contributed by atoms with van der Waals surface area (Å²) in [6, 6.07) is 2.98. The van der Waals surface area contributed by atoms with Crippen LogP contribution in [0.25, 0.3) is 0 Å². The van der Waals surface area contributed by atoms with E-state index in [2.05, 4.69) is 4.74 Å². The van der Waals surface area contributed by atoms with E-state index in [1.807, 2.05) is 13.8 Å². The smallest absolute Gasteiger partial charge is 0.337 e. The van der Waals surface area contributed by atoms with Gasteiger partial charge in [-0.05, 0) is 26.0 Å². The van der Waals surface area contributed by atoms with Gasteiger partial charge in [-0.1, -0.05) is 11.6 Å². The van der Waals surface area contributed by atoms with Crippen LogP contribution in [0.1, 0.15) is 24.2 Å². The monoisotopic (exact) mass is 283 g/mol. The van der Waals surface area contributed by atoms with E-state index in [1.54, 1.807) is 11.0 Å². The fourth-order valence-electron chi connectivity index (χ4n) is 2.04. The Kier molecular flexibility index (Phi) is 3.66. The number of carbonyl (C=O) groups excluding carboxylic acids is 2. The molecule has 0 fully saturated rings. The van der Waals surface area contributed by atoms with E-state index in [4.69, 9.17) is 16.3 Å². The first kappa shape index (κ1) is 13.7. The van der Waals surface area contributed by atoms with Crippen LogP contribution < -0.4 is 9.64 Å². The summed E-state index contributed by atoms with van der Waals surface area (Å²) in [6.45, 7) is 3.71. The zero-order valence-electron chi connectivity index (χ0n) is 10.9. The van der Waals surface area contributed by atoms with Crippen molar-refractivity contribution in [2.75, 3.05) is 18.6 Å². The molecule has 1 heterocycles. The van der Waals surface area contributed by atoms with Crippen molar-refractivity contribution in [2.24, 2.45) is 0 Å². The molecule has 0 atom stereocenters. The standard InChI is InChI=1S/C13H14ClNO4/c1-7(2)15-10-5-8(13(17)18-3)4-9(14)12(10)19-6-11(15)16/h4-5,7H,6H2,1-3H3. The first-order chi connectivity index (χ1) is 8.95. The van der Waals surface area contributed by atoms with Gasteiger partial charge in [0.2, 0.25) is 0 Å². The van der Waals surface area contributed by atoms with E-state index < -0.39 is 5.97 Å². The number of carbonyl (C=O) groups is 2. The number of hydrogen-bond donors (Lipinski definition) is 0. The maximum Gasteiger partial charge on any atom is 0.337 e. The number of halogens is 1. The molecule has 5 nitrogen and oxygen atoms in total. The average Bonchev–Trinajstić information content (AvgIpc) is 2.36. The summed E-state index contributed by atoms with van der Waals surface area (Å²) in [5.74, 6) is -0.255. The molecule has 1 amide bonds. The number of benzene rings is 1. The normalized spacial score (nSPS) is 14.2. The Morgan fingerprint density at radius 3 is 2.74 bits per heavy atom. The summed E-state index contributed by atoms with van der Waals surface area (Å²) in [5.41, 5.74) is 0.786. The minimum Gasteiger partial charge on any atom is -0.480 e. The van der Waals surface area contributed by atoms with Crippen LogP contribution in [-0.4, -0.2) is 31.6 Å². The Balaban J connectivity index is 2.58. The molecule has 1 aromatic carbocycles. The molecule has 0 aromatic heterocycles. The van der Waals surface area contributed by atoms with Crippen LogP contribution in [-0.2, 0) is 9.53 Å². The maximum atomic E-state index is 11.9. The number of hydrogen-bond acceptors (Lipinski definition) is 4. The molecule has 1 aromatic rings. The van der Waals surface area contributed by atoms with Crippen molar-refractivity contribution in [3.05, 3.63) is 22.7 Å². The lowest BCUT2D eigenvalue weighted by atomic mass is 10.1. The first-order valence-corrected chi connectivity index (χ1v) is 6.20. The van der Waals surface area contributed by atoms with Crippen molar-refractivity contribution in [1.29, 1.82) is 0 Å². The fraction of sp³-hybridized carbons (Fsp3) is 0.385. The van der Waals surface area contributed by atoms with E-state index in [0.717, 1.165) is 0 Å². The van der Waals surface area contributed by atoms with Crippen molar-refractivity contribution in [1.82, 2.24) is 0 Å². The third-order valence-electron chi connectivity index (χ3n) is 2.83. The Morgan fingerprint density at radius 1 is 1.47 bits per heavy atom. The lowest BCUT2D eigenvalue weighted by Crippen LogP contribution is -2.43. The van der Waals surface area contributed by atoms with Gasteiger partial charge < -0.3 is 14.4 Å². The van der Waals surface area contributed by atoms with Crippen LogP contribution in [0.2, 0.25) is 5.02 Å². The number of nitrogens with zero attached hydrogens (tertiary/aromatic N) is 1. The second kappa shape index (κ2) is 5.09. The largest absolute Gasteiger partial charge is 0.480 e. The highest BCUT2D eigenvalue weighted by Gasteiger charge is 2.30. The molecular formula is C13H14ClNO4. The molecule has 6 heteroatoms. The van der Waals surface area contributed by atoms with Crippen LogP contribution in [0.3, 0.4) is 0 Å². The zero-order chi connectivity index (χ0) is 14.2. The van der Waals surface area contributed by atoms with Gasteiger partial charge in [-0.25, -0.2) is 4.79 Å². The highest BCUT2D eigenvalue weighted by atomic mass is 35.5. The van der Waals surface area contributed by atoms with Gasteiger partial charge in [0.05, 0.1) is 23.4 Å². The van der Waals surface area contributed by atoms with Crippen molar-refractivity contribution < 1.29 is 19.1 Å². The number of amides is 1. The van der Waals surface area contributed by atoms with Crippen molar-refractivity contribution >= 4 is 29.2 Å². The molecule has 2 rings (SSSR count). The SMILES string of the molecule is COC(=O)c1cc(Cl)c2c(c1)N(C(C)C)C(=O)CO2. The Morgan fingerprint density at radius 2 is 2.16 bits per heavy atom. The number of ether oxygens (including phenoxy) is 2. The second-order valence-electron chi connectivity index (χ2n) is 4.44. The summed E-state index contributed by atoms with van der Waals surface area (Å²) >= 11 is 6.10. The molecule has 0 spiro atoms. The van der Waals surface area contributed by atoms with E-state index in [0.29, 0.717) is 11.4 Å². The molecule has 0 unspecified atom stereocenters. The lowest BCUT2D eigenvalue weighted by Gasteiger charge is -2.33. The topological polar surface area (TPSA) is 55.8 Å². The molecule has 0 saturated heterocycles. The average molecular weight is 284 g/mol. The van der Waals surface area contributed by atoms with Crippen LogP contribution >= 0.6 is 11.6 Å². The minimum absolute atomic E-state index is 0.0531.